The summed E-state index contributed by atoms with van der Waals surface area (Å²) in [5.41, 5.74) is -0.185. The number of ether oxygens (including phenoxy) is 3. The van der Waals surface area contributed by atoms with Crippen molar-refractivity contribution in [3.05, 3.63) is 34.9 Å². The molecule has 0 amide bonds. The number of aliphatic hydroxyl groups is 2. The first-order valence-corrected chi connectivity index (χ1v) is 9.93. The number of fused-ring (bicyclic) bond motifs is 3. The van der Waals surface area contributed by atoms with Crippen molar-refractivity contribution in [3.8, 4) is 0 Å². The third-order valence-corrected chi connectivity index (χ3v) is 6.55. The Morgan fingerprint density at radius 2 is 1.93 bits per heavy atom. The molecule has 0 aromatic heterocycles. The third kappa shape index (κ3) is 3.37. The van der Waals surface area contributed by atoms with Gasteiger partial charge in [0.05, 0.1) is 12.0 Å². The largest absolute Gasteiger partial charge is 0.455 e. The number of allylic oxidation sites excluding steroid dienone is 1. The molecule has 1 saturated carbocycles. The monoisotopic (exact) mass is 420 g/mol. The topological polar surface area (TPSA) is 119 Å². The molecular formula is C22H28O8. The van der Waals surface area contributed by atoms with Gasteiger partial charge in [-0.25, -0.2) is 9.59 Å². The van der Waals surface area contributed by atoms with Crippen molar-refractivity contribution in [1.29, 1.82) is 0 Å². The molecule has 164 valence electrons. The average molecular weight is 420 g/mol. The number of hydrogen-bond donors (Lipinski definition) is 2. The van der Waals surface area contributed by atoms with Gasteiger partial charge in [0.15, 0.2) is 12.2 Å². The van der Waals surface area contributed by atoms with Gasteiger partial charge in [0.1, 0.15) is 11.7 Å². The van der Waals surface area contributed by atoms with Gasteiger partial charge in [-0.15, -0.1) is 0 Å². The van der Waals surface area contributed by atoms with Crippen LogP contribution in [0, 0.1) is 11.8 Å². The zero-order chi connectivity index (χ0) is 22.5. The quantitative estimate of drug-likeness (QED) is 0.304. The van der Waals surface area contributed by atoms with Gasteiger partial charge in [0.2, 0.25) is 0 Å². The molecule has 1 saturated heterocycles. The molecule has 7 atom stereocenters. The van der Waals surface area contributed by atoms with E-state index in [1.54, 1.807) is 26.8 Å². The first kappa shape index (κ1) is 22.2. The minimum atomic E-state index is -1.70. The summed E-state index contributed by atoms with van der Waals surface area (Å²) in [5, 5.41) is 22.0. The summed E-state index contributed by atoms with van der Waals surface area (Å²) in [4.78, 5) is 37.0. The van der Waals surface area contributed by atoms with E-state index in [1.807, 2.05) is 0 Å². The zero-order valence-corrected chi connectivity index (χ0v) is 17.8. The van der Waals surface area contributed by atoms with E-state index in [0.29, 0.717) is 16.7 Å². The number of aliphatic hydroxyl groups excluding tert-OH is 1. The van der Waals surface area contributed by atoms with E-state index in [2.05, 4.69) is 6.58 Å². The van der Waals surface area contributed by atoms with Crippen molar-refractivity contribution >= 4 is 17.9 Å². The molecule has 2 N–H and O–H groups in total. The van der Waals surface area contributed by atoms with Crippen LogP contribution in [0.5, 0.6) is 0 Å². The predicted octanol–water partition coefficient (Wildman–Crippen LogP) is 1.36. The van der Waals surface area contributed by atoms with Crippen LogP contribution in [0.2, 0.25) is 0 Å². The molecule has 3 aliphatic rings. The summed E-state index contributed by atoms with van der Waals surface area (Å²) in [6.07, 6.45) is -2.51. The van der Waals surface area contributed by atoms with E-state index in [-0.39, 0.29) is 12.0 Å². The van der Waals surface area contributed by atoms with E-state index >= 15 is 0 Å². The highest BCUT2D eigenvalue weighted by atomic mass is 16.6. The molecule has 0 radical (unpaired) electrons. The van der Waals surface area contributed by atoms with Crippen molar-refractivity contribution in [2.45, 2.75) is 71.1 Å². The number of carbonyl (C=O) groups excluding carboxylic acids is 3. The van der Waals surface area contributed by atoms with Crippen molar-refractivity contribution in [3.63, 3.8) is 0 Å². The molecule has 0 aromatic rings. The normalized spacial score (nSPS) is 38.6. The Kier molecular flexibility index (Phi) is 5.68. The van der Waals surface area contributed by atoms with E-state index in [4.69, 9.17) is 14.2 Å². The summed E-state index contributed by atoms with van der Waals surface area (Å²) in [5.74, 6) is -3.55. The number of esters is 3. The average Bonchev–Trinajstić information content (AvgIpc) is 3.11. The molecule has 2 fully saturated rings. The fourth-order valence-electron chi connectivity index (χ4n) is 4.73. The first-order valence-electron chi connectivity index (χ1n) is 9.93. The molecule has 30 heavy (non-hydrogen) atoms. The summed E-state index contributed by atoms with van der Waals surface area (Å²) in [6.45, 7) is 11.4. The smallest absolute Gasteiger partial charge is 0.334 e. The maximum Gasteiger partial charge on any atom is 0.334 e. The SMILES string of the molecule is C=C1C(=O)O[C@@H]2C3=C(C)[C@H](O)C[C@H]3[C@](C)(O)[C@H](OC(C)=O)[C@H](OC(=O)/C(C)=C/C)[C@@H]12. The molecule has 1 aliphatic heterocycles. The Hall–Kier alpha value is -2.45. The lowest BCUT2D eigenvalue weighted by Gasteiger charge is -2.39. The van der Waals surface area contributed by atoms with Crippen molar-refractivity contribution in [1.82, 2.24) is 0 Å². The van der Waals surface area contributed by atoms with Gasteiger partial charge in [0.25, 0.3) is 0 Å². The summed E-state index contributed by atoms with van der Waals surface area (Å²) < 4.78 is 16.8. The van der Waals surface area contributed by atoms with Crippen LogP contribution < -0.4 is 0 Å². The Bertz CT molecular complexity index is 864. The van der Waals surface area contributed by atoms with Crippen LogP contribution in [-0.2, 0) is 28.6 Å². The van der Waals surface area contributed by atoms with E-state index in [9.17, 15) is 24.6 Å². The first-order chi connectivity index (χ1) is 13.9. The Morgan fingerprint density at radius 3 is 2.50 bits per heavy atom. The molecule has 0 aromatic carbocycles. The second kappa shape index (κ2) is 7.67. The Balaban J connectivity index is 2.21. The van der Waals surface area contributed by atoms with Crippen molar-refractivity contribution < 1.29 is 38.8 Å². The maximum absolute atomic E-state index is 12.6. The number of hydrogen-bond acceptors (Lipinski definition) is 8. The van der Waals surface area contributed by atoms with E-state index in [1.165, 1.54) is 13.8 Å². The summed E-state index contributed by atoms with van der Waals surface area (Å²) in [7, 11) is 0. The Labute approximate surface area is 175 Å². The van der Waals surface area contributed by atoms with Gasteiger partial charge < -0.3 is 24.4 Å². The van der Waals surface area contributed by atoms with Gasteiger partial charge >= 0.3 is 17.9 Å². The Morgan fingerprint density at radius 1 is 1.30 bits per heavy atom. The molecule has 8 nitrogen and oxygen atoms in total. The van der Waals surface area contributed by atoms with Crippen LogP contribution in [0.25, 0.3) is 0 Å². The lowest BCUT2D eigenvalue weighted by molar-refractivity contribution is -0.195. The van der Waals surface area contributed by atoms with E-state index in [0.717, 1.165) is 0 Å². The molecule has 0 bridgehead atoms. The molecule has 0 unspecified atom stereocenters. The third-order valence-electron chi connectivity index (χ3n) is 6.55. The maximum atomic E-state index is 12.6. The molecule has 8 heteroatoms. The minimum absolute atomic E-state index is 0.0613. The molecule has 1 heterocycles. The second-order valence-corrected chi connectivity index (χ2v) is 8.42. The minimum Gasteiger partial charge on any atom is -0.455 e. The van der Waals surface area contributed by atoms with Gasteiger partial charge in [-0.3, -0.25) is 4.79 Å². The van der Waals surface area contributed by atoms with Crippen molar-refractivity contribution in [2.75, 3.05) is 0 Å². The zero-order valence-electron chi connectivity index (χ0n) is 17.8. The number of rotatable bonds is 3. The van der Waals surface area contributed by atoms with Gasteiger partial charge in [-0.2, -0.15) is 0 Å². The molecule has 0 spiro atoms. The summed E-state index contributed by atoms with van der Waals surface area (Å²) in [6, 6.07) is 0. The second-order valence-electron chi connectivity index (χ2n) is 8.42. The van der Waals surface area contributed by atoms with Crippen LogP contribution in [0.3, 0.4) is 0 Å². The van der Waals surface area contributed by atoms with Gasteiger partial charge in [-0.1, -0.05) is 12.7 Å². The van der Waals surface area contributed by atoms with E-state index < -0.39 is 59.8 Å². The van der Waals surface area contributed by atoms with Crippen LogP contribution in [0.15, 0.2) is 34.9 Å². The van der Waals surface area contributed by atoms with Gasteiger partial charge in [0, 0.05) is 24.0 Å². The highest BCUT2D eigenvalue weighted by molar-refractivity contribution is 5.92. The van der Waals surface area contributed by atoms with Gasteiger partial charge in [-0.05, 0) is 45.3 Å². The fourth-order valence-corrected chi connectivity index (χ4v) is 4.73. The van der Waals surface area contributed by atoms with Crippen LogP contribution >= 0.6 is 0 Å². The van der Waals surface area contributed by atoms with Crippen LogP contribution in [0.4, 0.5) is 0 Å². The summed E-state index contributed by atoms with van der Waals surface area (Å²) >= 11 is 0. The highest BCUT2D eigenvalue weighted by Gasteiger charge is 2.63. The van der Waals surface area contributed by atoms with Crippen molar-refractivity contribution in [2.24, 2.45) is 11.8 Å². The number of carbonyl (C=O) groups is 3. The fraction of sp³-hybridized carbons (Fsp3) is 0.591. The van der Waals surface area contributed by atoms with Crippen LogP contribution in [0.1, 0.15) is 41.0 Å². The molecular weight excluding hydrogens is 392 g/mol. The molecule has 3 rings (SSSR count). The lowest BCUT2D eigenvalue weighted by atomic mass is 9.79. The molecule has 2 aliphatic carbocycles. The standard InChI is InChI=1S/C22H28O8/c1-7-9(2)20(25)30-18-16-11(4)21(26)29-17(16)15-10(3)14(24)8-13(15)22(6,27)19(18)28-12(5)23/h7,13-14,16-19,24,27H,4,8H2,1-3,5-6H3/b9-7+/t13-,14-,16+,17-,18-,19-,22+/m1/s1. The van der Waals surface area contributed by atoms with Crippen LogP contribution in [-0.4, -0.2) is 58.1 Å². The lowest BCUT2D eigenvalue weighted by Crippen LogP contribution is -2.55. The highest BCUT2D eigenvalue weighted by Crippen LogP contribution is 2.53. The predicted molar refractivity (Wildman–Crippen MR) is 105 cm³/mol.